The van der Waals surface area contributed by atoms with Crippen molar-refractivity contribution in [2.45, 2.75) is 52.0 Å². The van der Waals surface area contributed by atoms with E-state index in [2.05, 4.69) is 37.3 Å². The molecule has 0 aromatic heterocycles. The molecule has 1 aliphatic rings. The fourth-order valence-electron chi connectivity index (χ4n) is 4.77. The molecular formula is C29H32FNO2. The van der Waals surface area contributed by atoms with Crippen LogP contribution in [0.3, 0.4) is 0 Å². The first-order chi connectivity index (χ1) is 15.9. The zero-order valence-corrected chi connectivity index (χ0v) is 19.9. The predicted molar refractivity (Wildman–Crippen MR) is 131 cm³/mol. The largest absolute Gasteiger partial charge is 0.496 e. The number of rotatable bonds is 6. The minimum absolute atomic E-state index is 0.0575. The second-order valence-electron chi connectivity index (χ2n) is 9.31. The topological polar surface area (TPSA) is 29.5 Å². The van der Waals surface area contributed by atoms with Crippen molar-refractivity contribution in [1.29, 1.82) is 0 Å². The first-order valence-electron chi connectivity index (χ1n) is 11.7. The Morgan fingerprint density at radius 3 is 2.48 bits per heavy atom. The second-order valence-corrected chi connectivity index (χ2v) is 9.31. The van der Waals surface area contributed by atoms with Gasteiger partial charge in [-0.25, -0.2) is 4.39 Å². The van der Waals surface area contributed by atoms with Crippen LogP contribution in [0.15, 0.2) is 60.7 Å². The standard InChI is InChI=1S/C29H32FNO2/c1-19(2)25-16-26(28(33-4)17-27(25)30)24-11-10-20(3)14-23(24)18-31-13-12-22(15-29(31)32)21-8-6-5-7-9-21/h5-11,14,16-17,19,22H,12-13,15,18H2,1-4H3. The second kappa shape index (κ2) is 9.78. The van der Waals surface area contributed by atoms with Crippen molar-refractivity contribution in [2.75, 3.05) is 13.7 Å². The van der Waals surface area contributed by atoms with Crippen molar-refractivity contribution in [3.63, 3.8) is 0 Å². The molecule has 33 heavy (non-hydrogen) atoms. The SMILES string of the molecule is COc1cc(F)c(C(C)C)cc1-c1ccc(C)cc1CN1CCC(c2ccccc2)CC1=O. The summed E-state index contributed by atoms with van der Waals surface area (Å²) >= 11 is 0. The Hall–Kier alpha value is -3.14. The van der Waals surface area contributed by atoms with Crippen molar-refractivity contribution in [3.8, 4) is 16.9 Å². The van der Waals surface area contributed by atoms with Gasteiger partial charge in [0.15, 0.2) is 0 Å². The lowest BCUT2D eigenvalue weighted by Crippen LogP contribution is -2.37. The maximum atomic E-state index is 14.6. The van der Waals surface area contributed by atoms with Crippen LogP contribution in [0, 0.1) is 12.7 Å². The number of nitrogens with zero attached hydrogens (tertiary/aromatic N) is 1. The fraction of sp³-hybridized carbons (Fsp3) is 0.345. The van der Waals surface area contributed by atoms with Crippen molar-refractivity contribution >= 4 is 5.91 Å². The van der Waals surface area contributed by atoms with E-state index in [4.69, 9.17) is 4.74 Å². The molecule has 1 saturated heterocycles. The van der Waals surface area contributed by atoms with Gasteiger partial charge in [0.1, 0.15) is 11.6 Å². The van der Waals surface area contributed by atoms with E-state index >= 15 is 0 Å². The average molecular weight is 446 g/mol. The summed E-state index contributed by atoms with van der Waals surface area (Å²) in [5.74, 6) is 0.768. The summed E-state index contributed by atoms with van der Waals surface area (Å²) in [7, 11) is 1.57. The number of amides is 1. The molecule has 0 N–H and O–H groups in total. The van der Waals surface area contributed by atoms with Gasteiger partial charge in [0.2, 0.25) is 5.91 Å². The van der Waals surface area contributed by atoms with Crippen LogP contribution in [0.25, 0.3) is 11.1 Å². The van der Waals surface area contributed by atoms with Gasteiger partial charge in [0, 0.05) is 31.1 Å². The van der Waals surface area contributed by atoms with E-state index in [-0.39, 0.29) is 23.6 Å². The molecule has 0 aliphatic carbocycles. The highest BCUT2D eigenvalue weighted by Gasteiger charge is 2.27. The highest BCUT2D eigenvalue weighted by Crippen LogP contribution is 2.38. The van der Waals surface area contributed by atoms with Gasteiger partial charge in [0.25, 0.3) is 0 Å². The number of carbonyl (C=O) groups excluding carboxylic acids is 1. The highest BCUT2D eigenvalue weighted by atomic mass is 19.1. The van der Waals surface area contributed by atoms with Crippen LogP contribution in [0.2, 0.25) is 0 Å². The Balaban J connectivity index is 1.64. The zero-order chi connectivity index (χ0) is 23.5. The molecule has 172 valence electrons. The molecular weight excluding hydrogens is 413 g/mol. The van der Waals surface area contributed by atoms with E-state index in [9.17, 15) is 9.18 Å². The van der Waals surface area contributed by atoms with Gasteiger partial charge in [-0.2, -0.15) is 0 Å². The van der Waals surface area contributed by atoms with Gasteiger partial charge in [-0.15, -0.1) is 0 Å². The molecule has 3 nitrogen and oxygen atoms in total. The third-order valence-electron chi connectivity index (χ3n) is 6.65. The van der Waals surface area contributed by atoms with Gasteiger partial charge >= 0.3 is 0 Å². The lowest BCUT2D eigenvalue weighted by molar-refractivity contribution is -0.134. The smallest absolute Gasteiger partial charge is 0.223 e. The third kappa shape index (κ3) is 4.95. The van der Waals surface area contributed by atoms with Crippen LogP contribution in [0.5, 0.6) is 5.75 Å². The number of aryl methyl sites for hydroxylation is 1. The summed E-state index contributed by atoms with van der Waals surface area (Å²) in [6, 6.07) is 19.9. The number of hydrogen-bond acceptors (Lipinski definition) is 2. The maximum Gasteiger partial charge on any atom is 0.223 e. The number of benzene rings is 3. The van der Waals surface area contributed by atoms with Crippen LogP contribution in [-0.4, -0.2) is 24.5 Å². The average Bonchev–Trinajstić information content (AvgIpc) is 2.81. The highest BCUT2D eigenvalue weighted by molar-refractivity contribution is 5.79. The van der Waals surface area contributed by atoms with E-state index in [1.165, 1.54) is 11.6 Å². The van der Waals surface area contributed by atoms with Crippen molar-refractivity contribution in [3.05, 3.63) is 88.7 Å². The molecule has 0 radical (unpaired) electrons. The molecule has 0 saturated carbocycles. The number of piperidine rings is 1. The lowest BCUT2D eigenvalue weighted by Gasteiger charge is -2.32. The van der Waals surface area contributed by atoms with Crippen LogP contribution >= 0.6 is 0 Å². The van der Waals surface area contributed by atoms with Crippen molar-refractivity contribution in [1.82, 2.24) is 4.90 Å². The van der Waals surface area contributed by atoms with E-state index in [0.29, 0.717) is 24.3 Å². The lowest BCUT2D eigenvalue weighted by atomic mass is 9.88. The normalized spacial score (nSPS) is 16.4. The first-order valence-corrected chi connectivity index (χ1v) is 11.7. The summed E-state index contributed by atoms with van der Waals surface area (Å²) in [5.41, 5.74) is 5.93. The molecule has 1 amide bonds. The van der Waals surface area contributed by atoms with Gasteiger partial charge in [-0.3, -0.25) is 4.79 Å². The summed E-state index contributed by atoms with van der Waals surface area (Å²) in [4.78, 5) is 15.0. The van der Waals surface area contributed by atoms with Crippen LogP contribution in [0.1, 0.15) is 60.8 Å². The van der Waals surface area contributed by atoms with Gasteiger partial charge < -0.3 is 9.64 Å². The predicted octanol–water partition coefficient (Wildman–Crippen LogP) is 6.84. The summed E-state index contributed by atoms with van der Waals surface area (Å²) in [6.07, 6.45) is 1.48. The van der Waals surface area contributed by atoms with E-state index in [0.717, 1.165) is 35.2 Å². The monoisotopic (exact) mass is 445 g/mol. The quantitative estimate of drug-likeness (QED) is 0.416. The van der Waals surface area contributed by atoms with Crippen LogP contribution in [-0.2, 0) is 11.3 Å². The maximum absolute atomic E-state index is 14.6. The number of carbonyl (C=O) groups is 1. The van der Waals surface area contributed by atoms with Gasteiger partial charge in [-0.1, -0.05) is 67.9 Å². The van der Waals surface area contributed by atoms with Crippen molar-refractivity contribution < 1.29 is 13.9 Å². The van der Waals surface area contributed by atoms with Gasteiger partial charge in [-0.05, 0) is 53.5 Å². The Morgan fingerprint density at radius 1 is 1.06 bits per heavy atom. The number of likely N-dealkylation sites (tertiary alicyclic amines) is 1. The Kier molecular flexibility index (Phi) is 6.83. The molecule has 0 spiro atoms. The first kappa shape index (κ1) is 23.0. The Labute approximate surface area is 196 Å². The summed E-state index contributed by atoms with van der Waals surface area (Å²) < 4.78 is 20.2. The number of halogens is 1. The molecule has 1 heterocycles. The zero-order valence-electron chi connectivity index (χ0n) is 19.9. The molecule has 1 fully saturated rings. The molecule has 1 atom stereocenters. The molecule has 3 aromatic rings. The van der Waals surface area contributed by atoms with Crippen molar-refractivity contribution in [2.24, 2.45) is 0 Å². The number of ether oxygens (including phenoxy) is 1. The minimum Gasteiger partial charge on any atom is -0.496 e. The number of hydrogen-bond donors (Lipinski definition) is 0. The molecule has 3 aromatic carbocycles. The third-order valence-corrected chi connectivity index (χ3v) is 6.65. The number of methoxy groups -OCH3 is 1. The molecule has 4 heteroatoms. The summed E-state index contributed by atoms with van der Waals surface area (Å²) in [6.45, 7) is 7.29. The fourth-order valence-corrected chi connectivity index (χ4v) is 4.77. The Morgan fingerprint density at radius 2 is 1.82 bits per heavy atom. The Bertz CT molecular complexity index is 1140. The summed E-state index contributed by atoms with van der Waals surface area (Å²) in [5, 5.41) is 0. The van der Waals surface area contributed by atoms with Gasteiger partial charge in [0.05, 0.1) is 7.11 Å². The minimum atomic E-state index is -0.252. The van der Waals surface area contributed by atoms with E-state index < -0.39 is 0 Å². The van der Waals surface area contributed by atoms with E-state index in [1.54, 1.807) is 7.11 Å². The van der Waals surface area contributed by atoms with E-state index in [1.807, 2.05) is 43.0 Å². The van der Waals surface area contributed by atoms with Crippen LogP contribution in [0.4, 0.5) is 4.39 Å². The molecule has 1 aliphatic heterocycles. The van der Waals surface area contributed by atoms with Crippen LogP contribution < -0.4 is 4.74 Å². The molecule has 1 unspecified atom stereocenters. The molecule has 4 rings (SSSR count). The molecule has 0 bridgehead atoms.